The van der Waals surface area contributed by atoms with Crippen molar-refractivity contribution in [3.8, 4) is 35.0 Å². The van der Waals surface area contributed by atoms with Crippen molar-refractivity contribution in [1.82, 2.24) is 9.13 Å². The number of nitriles is 3. The van der Waals surface area contributed by atoms with Crippen molar-refractivity contribution in [2.24, 2.45) is 5.92 Å². The Morgan fingerprint density at radius 2 is 1.32 bits per heavy atom. The maximum absolute atomic E-state index is 10.7. The van der Waals surface area contributed by atoms with Gasteiger partial charge in [-0.2, -0.15) is 15.8 Å². The molecule has 2 heterocycles. The minimum atomic E-state index is -0.440. The fourth-order valence-corrected chi connectivity index (χ4v) is 7.65. The Bertz CT molecular complexity index is 2660. The molecule has 5 heteroatoms. The summed E-state index contributed by atoms with van der Waals surface area (Å²) >= 11 is 0. The third-order valence-electron chi connectivity index (χ3n) is 9.92. The van der Waals surface area contributed by atoms with Crippen LogP contribution in [-0.2, 0) is 0 Å². The van der Waals surface area contributed by atoms with Crippen LogP contribution in [0.1, 0.15) is 35.2 Å². The van der Waals surface area contributed by atoms with Gasteiger partial charge in [0.15, 0.2) is 0 Å². The topological polar surface area (TPSA) is 81.2 Å². The van der Waals surface area contributed by atoms with Crippen LogP contribution in [0.5, 0.6) is 0 Å². The predicted octanol–water partition coefficient (Wildman–Crippen LogP) is 10.8. The van der Waals surface area contributed by atoms with E-state index in [1.165, 1.54) is 0 Å². The molecule has 0 N–H and O–H groups in total. The molecule has 0 aliphatic heterocycles. The van der Waals surface area contributed by atoms with Crippen LogP contribution < -0.4 is 0 Å². The Labute approximate surface area is 290 Å². The highest BCUT2D eigenvalue weighted by Crippen LogP contribution is 2.42. The average molecular weight is 642 g/mol. The van der Waals surface area contributed by atoms with Crippen molar-refractivity contribution in [3.63, 3.8) is 0 Å². The van der Waals surface area contributed by atoms with Gasteiger partial charge in [0.25, 0.3) is 0 Å². The molecule has 0 spiro atoms. The Balaban J connectivity index is 1.22. The lowest BCUT2D eigenvalue weighted by molar-refractivity contribution is 0.697. The van der Waals surface area contributed by atoms with E-state index in [2.05, 4.69) is 119 Å². The fourth-order valence-electron chi connectivity index (χ4n) is 7.65. The van der Waals surface area contributed by atoms with Gasteiger partial charge in [0.2, 0.25) is 0 Å². The lowest BCUT2D eigenvalue weighted by Gasteiger charge is -2.27. The molecule has 1 aliphatic rings. The average Bonchev–Trinajstić information content (AvgIpc) is 3.65. The Kier molecular flexibility index (Phi) is 7.49. The number of para-hydroxylation sites is 4. The minimum absolute atomic E-state index is 0.170. The molecular formula is C45H31N5. The van der Waals surface area contributed by atoms with Crippen molar-refractivity contribution in [3.05, 3.63) is 161 Å². The molecule has 0 saturated heterocycles. The van der Waals surface area contributed by atoms with E-state index in [9.17, 15) is 15.8 Å². The first-order valence-electron chi connectivity index (χ1n) is 16.6. The van der Waals surface area contributed by atoms with Crippen LogP contribution in [0.3, 0.4) is 0 Å². The molecule has 236 valence electrons. The zero-order valence-electron chi connectivity index (χ0n) is 27.7. The summed E-state index contributed by atoms with van der Waals surface area (Å²) in [7, 11) is 0. The summed E-state index contributed by atoms with van der Waals surface area (Å²) in [6.07, 6.45) is 8.12. The quantitative estimate of drug-likeness (QED) is 0.175. The van der Waals surface area contributed by atoms with Crippen LogP contribution in [0.25, 0.3) is 61.3 Å². The Hall–Kier alpha value is -6.87. The molecule has 2 unspecified atom stereocenters. The van der Waals surface area contributed by atoms with Gasteiger partial charge >= 0.3 is 0 Å². The van der Waals surface area contributed by atoms with E-state index in [1.807, 2.05) is 61.5 Å². The molecule has 1 aliphatic carbocycles. The monoisotopic (exact) mass is 641 g/mol. The van der Waals surface area contributed by atoms with Crippen LogP contribution in [0.2, 0.25) is 0 Å². The summed E-state index contributed by atoms with van der Waals surface area (Å²) in [6, 6.07) is 46.5. The molecule has 0 bridgehead atoms. The molecule has 50 heavy (non-hydrogen) atoms. The normalized spacial score (nSPS) is 15.9. The van der Waals surface area contributed by atoms with E-state index in [4.69, 9.17) is 0 Å². The third-order valence-corrected chi connectivity index (χ3v) is 9.92. The van der Waals surface area contributed by atoms with Crippen molar-refractivity contribution in [1.29, 1.82) is 15.8 Å². The molecular weight excluding hydrogens is 611 g/mol. The molecule has 0 fully saturated rings. The highest BCUT2D eigenvalue weighted by molar-refractivity contribution is 6.10. The molecule has 5 nitrogen and oxygen atoms in total. The van der Waals surface area contributed by atoms with Crippen LogP contribution in [0.15, 0.2) is 139 Å². The van der Waals surface area contributed by atoms with Crippen LogP contribution in [-0.4, -0.2) is 9.13 Å². The van der Waals surface area contributed by atoms with Crippen LogP contribution in [0.4, 0.5) is 0 Å². The van der Waals surface area contributed by atoms with E-state index in [0.717, 1.165) is 72.0 Å². The van der Waals surface area contributed by atoms with Gasteiger partial charge in [-0.05, 0) is 61.4 Å². The van der Waals surface area contributed by atoms with Crippen molar-refractivity contribution >= 4 is 44.5 Å². The second kappa shape index (κ2) is 12.3. The largest absolute Gasteiger partial charge is 0.316 e. The number of hydrogen-bond donors (Lipinski definition) is 0. The van der Waals surface area contributed by atoms with Crippen molar-refractivity contribution in [2.45, 2.75) is 19.8 Å². The number of hydrogen-bond acceptors (Lipinski definition) is 3. The first kappa shape index (κ1) is 30.5. The van der Waals surface area contributed by atoms with Gasteiger partial charge < -0.3 is 9.13 Å². The minimum Gasteiger partial charge on any atom is -0.316 e. The molecule has 2 aromatic heterocycles. The summed E-state index contributed by atoms with van der Waals surface area (Å²) in [5.74, 6) is -0.610. The van der Waals surface area contributed by atoms with Gasteiger partial charge in [-0.15, -0.1) is 0 Å². The number of rotatable bonds is 5. The molecule has 7 aromatic rings. The molecule has 0 amide bonds. The zero-order chi connectivity index (χ0) is 34.4. The zero-order valence-corrected chi connectivity index (χ0v) is 27.7. The highest BCUT2D eigenvalue weighted by Gasteiger charge is 2.30. The Morgan fingerprint density at radius 3 is 1.94 bits per heavy atom. The van der Waals surface area contributed by atoms with E-state index >= 15 is 0 Å². The summed E-state index contributed by atoms with van der Waals surface area (Å²) in [4.78, 5) is 0. The summed E-state index contributed by atoms with van der Waals surface area (Å²) < 4.78 is 4.39. The van der Waals surface area contributed by atoms with Gasteiger partial charge in [-0.1, -0.05) is 103 Å². The highest BCUT2D eigenvalue weighted by atomic mass is 15.0. The number of fused-ring (bicyclic) bond motifs is 4. The first-order valence-corrected chi connectivity index (χ1v) is 16.6. The van der Waals surface area contributed by atoms with Crippen LogP contribution in [0, 0.1) is 46.8 Å². The predicted molar refractivity (Wildman–Crippen MR) is 202 cm³/mol. The van der Waals surface area contributed by atoms with Crippen molar-refractivity contribution in [2.75, 3.05) is 0 Å². The second-order valence-electron chi connectivity index (χ2n) is 12.7. The van der Waals surface area contributed by atoms with Gasteiger partial charge in [-0.3, -0.25) is 0 Å². The SMILES string of the molecule is C/C(C#N)=C\c1c(C)n(C2=CC=CC(c3ccc(-c4cccc(C#N)c4-n4c5ccccc5c5ccccc54)cc3)C2C#N)c2ccccc12. The molecule has 8 rings (SSSR count). The molecule has 0 saturated carbocycles. The van der Waals surface area contributed by atoms with E-state index < -0.39 is 5.92 Å². The summed E-state index contributed by atoms with van der Waals surface area (Å²) in [5.41, 5.74) is 11.1. The number of benzene rings is 5. The smallest absolute Gasteiger partial charge is 0.101 e. The maximum atomic E-state index is 10.7. The fraction of sp³-hybridized carbons (Fsp3) is 0.0889. The molecule has 5 aromatic carbocycles. The van der Waals surface area contributed by atoms with E-state index in [1.54, 1.807) is 0 Å². The van der Waals surface area contributed by atoms with Crippen LogP contribution >= 0.6 is 0 Å². The summed E-state index contributed by atoms with van der Waals surface area (Å²) in [6.45, 7) is 3.87. The first-order chi connectivity index (χ1) is 24.5. The lowest BCUT2D eigenvalue weighted by atomic mass is 9.81. The third kappa shape index (κ3) is 4.75. The van der Waals surface area contributed by atoms with E-state index in [-0.39, 0.29) is 5.92 Å². The van der Waals surface area contributed by atoms with Gasteiger partial charge in [0, 0.05) is 50.2 Å². The number of allylic oxidation sites excluding steroid dienone is 5. The Morgan fingerprint density at radius 1 is 0.700 bits per heavy atom. The number of aromatic nitrogens is 2. The molecule has 2 atom stereocenters. The number of nitrogens with zero attached hydrogens (tertiary/aromatic N) is 5. The van der Waals surface area contributed by atoms with Gasteiger partial charge in [0.05, 0.1) is 45.9 Å². The van der Waals surface area contributed by atoms with E-state index in [0.29, 0.717) is 11.1 Å². The standard InChI is InChI=1S/C45H31N5/c1-29(26-46)25-39-30(2)49(41-17-6-5-14-38(39)41)44-20-10-15-34(40(44)28-48)31-21-23-32(24-22-31)35-16-9-11-33(27-47)45(35)50-42-18-7-3-12-36(42)37-13-4-8-19-43(37)50/h3-25,34,40H,1-2H3/b29-25+. The lowest BCUT2D eigenvalue weighted by Crippen LogP contribution is -2.18. The summed E-state index contributed by atoms with van der Waals surface area (Å²) in [5, 5.41) is 33.9. The van der Waals surface area contributed by atoms with Gasteiger partial charge in [0.1, 0.15) is 6.07 Å². The molecule has 0 radical (unpaired) electrons. The van der Waals surface area contributed by atoms with Gasteiger partial charge in [-0.25, -0.2) is 0 Å². The second-order valence-corrected chi connectivity index (χ2v) is 12.7. The maximum Gasteiger partial charge on any atom is 0.101 e. The van der Waals surface area contributed by atoms with Crippen molar-refractivity contribution < 1.29 is 0 Å².